The fourth-order valence-corrected chi connectivity index (χ4v) is 3.68. The van der Waals surface area contributed by atoms with Crippen molar-refractivity contribution in [3.8, 4) is 5.75 Å². The molecule has 4 rings (SSSR count). The first-order chi connectivity index (χ1) is 14.0. The topological polar surface area (TPSA) is 86.3 Å². The summed E-state index contributed by atoms with van der Waals surface area (Å²) >= 11 is 0. The number of benzene rings is 2. The maximum absolute atomic E-state index is 11.8. The number of aryl methyl sites for hydroxylation is 1. The molecule has 2 aromatic carbocycles. The molecule has 2 N–H and O–H groups in total. The third-order valence-electron chi connectivity index (χ3n) is 5.05. The Hall–Kier alpha value is -2.45. The molecule has 154 valence electrons. The van der Waals surface area contributed by atoms with Crippen molar-refractivity contribution in [3.05, 3.63) is 65.7 Å². The Morgan fingerprint density at radius 1 is 1.14 bits per heavy atom. The molecule has 2 aliphatic rings. The van der Waals surface area contributed by atoms with Crippen LogP contribution >= 0.6 is 0 Å². The van der Waals surface area contributed by atoms with Gasteiger partial charge in [0.05, 0.1) is 6.61 Å². The summed E-state index contributed by atoms with van der Waals surface area (Å²) < 4.78 is 23.9. The Labute approximate surface area is 169 Å². The van der Waals surface area contributed by atoms with Gasteiger partial charge in [0, 0.05) is 12.5 Å². The molecule has 2 aliphatic heterocycles. The molecule has 7 nitrogen and oxygen atoms in total. The van der Waals surface area contributed by atoms with Crippen molar-refractivity contribution in [2.45, 2.75) is 50.8 Å². The molecule has 7 heteroatoms. The highest BCUT2D eigenvalue weighted by atomic mass is 16.7. The molecule has 0 radical (unpaired) electrons. The molecule has 29 heavy (non-hydrogen) atoms. The van der Waals surface area contributed by atoms with Gasteiger partial charge in [0.15, 0.2) is 6.29 Å². The van der Waals surface area contributed by atoms with Gasteiger partial charge in [-0.25, -0.2) is 0 Å². The second-order valence-electron chi connectivity index (χ2n) is 7.37. The molecule has 2 fully saturated rings. The maximum atomic E-state index is 11.8. The minimum absolute atomic E-state index is 0.238. The molecule has 0 saturated carbocycles. The number of hydrogen-bond acceptors (Lipinski definition) is 6. The fraction of sp³-hybridized carbons (Fsp3) is 0.409. The maximum Gasteiger partial charge on any atom is 0.223 e. The van der Waals surface area contributed by atoms with E-state index in [0.717, 1.165) is 11.1 Å². The predicted octanol–water partition coefficient (Wildman–Crippen LogP) is 2.08. The number of amides is 1. The van der Waals surface area contributed by atoms with Gasteiger partial charge in [0.2, 0.25) is 12.2 Å². The molecule has 2 heterocycles. The van der Waals surface area contributed by atoms with Gasteiger partial charge in [-0.05, 0) is 24.6 Å². The van der Waals surface area contributed by atoms with Gasteiger partial charge in [0.25, 0.3) is 0 Å². The van der Waals surface area contributed by atoms with Crippen LogP contribution in [0.5, 0.6) is 5.75 Å². The molecule has 0 aliphatic carbocycles. The molecule has 6 atom stereocenters. The van der Waals surface area contributed by atoms with E-state index in [-0.39, 0.29) is 12.5 Å². The fourth-order valence-electron chi connectivity index (χ4n) is 3.68. The van der Waals surface area contributed by atoms with Crippen molar-refractivity contribution in [1.82, 2.24) is 5.32 Å². The number of nitrogens with one attached hydrogen (secondary N) is 1. The average molecular weight is 399 g/mol. The molecule has 1 amide bonds. The quantitative estimate of drug-likeness (QED) is 0.819. The summed E-state index contributed by atoms with van der Waals surface area (Å²) in [4.78, 5) is 11.8. The van der Waals surface area contributed by atoms with Crippen LogP contribution in [0.2, 0.25) is 0 Å². The van der Waals surface area contributed by atoms with Gasteiger partial charge in [-0.15, -0.1) is 0 Å². The Balaban J connectivity index is 1.54. The van der Waals surface area contributed by atoms with E-state index < -0.39 is 36.9 Å². The van der Waals surface area contributed by atoms with E-state index >= 15 is 0 Å². The smallest absolute Gasteiger partial charge is 0.223 e. The molecule has 0 spiro atoms. The zero-order chi connectivity index (χ0) is 20.4. The summed E-state index contributed by atoms with van der Waals surface area (Å²) in [5.41, 5.74) is 1.88. The normalized spacial score (nSPS) is 31.6. The van der Waals surface area contributed by atoms with Crippen LogP contribution in [0, 0.1) is 6.92 Å². The highest BCUT2D eigenvalue weighted by molar-refractivity contribution is 5.73. The first-order valence-corrected chi connectivity index (χ1v) is 9.67. The van der Waals surface area contributed by atoms with E-state index in [2.05, 4.69) is 5.32 Å². The predicted molar refractivity (Wildman–Crippen MR) is 104 cm³/mol. The van der Waals surface area contributed by atoms with Crippen LogP contribution in [-0.2, 0) is 19.0 Å². The summed E-state index contributed by atoms with van der Waals surface area (Å²) in [6.45, 7) is 3.58. The van der Waals surface area contributed by atoms with E-state index in [1.807, 2.05) is 55.5 Å². The van der Waals surface area contributed by atoms with Crippen LogP contribution in [0.1, 0.15) is 24.3 Å². The third-order valence-corrected chi connectivity index (χ3v) is 5.05. The van der Waals surface area contributed by atoms with Crippen LogP contribution in [-0.4, -0.2) is 48.3 Å². The van der Waals surface area contributed by atoms with Gasteiger partial charge in [0.1, 0.15) is 30.1 Å². The highest BCUT2D eigenvalue weighted by Gasteiger charge is 2.50. The van der Waals surface area contributed by atoms with Crippen molar-refractivity contribution < 1.29 is 28.8 Å². The number of aliphatic hydroxyl groups is 1. The zero-order valence-corrected chi connectivity index (χ0v) is 16.4. The number of ether oxygens (including phenoxy) is 4. The van der Waals surface area contributed by atoms with E-state index in [9.17, 15) is 9.90 Å². The number of carbonyl (C=O) groups excluding carboxylic acids is 1. The Bertz CT molecular complexity index is 844. The third kappa shape index (κ3) is 4.43. The van der Waals surface area contributed by atoms with Crippen LogP contribution in [0.15, 0.2) is 54.6 Å². The summed E-state index contributed by atoms with van der Waals surface area (Å²) in [7, 11) is 0. The summed E-state index contributed by atoms with van der Waals surface area (Å²) in [6, 6.07) is 16.2. The highest BCUT2D eigenvalue weighted by Crippen LogP contribution is 2.34. The Kier molecular flexibility index (Phi) is 5.82. The lowest BCUT2D eigenvalue weighted by Gasteiger charge is -2.47. The lowest BCUT2D eigenvalue weighted by molar-refractivity contribution is -0.333. The van der Waals surface area contributed by atoms with Gasteiger partial charge < -0.3 is 29.4 Å². The SMILES string of the molecule is CC(=O)N[C@@H]1[C@H](Oc2cccc(C)c2)O[C@H]2CO[C@H](c3ccccc3)O[C@@H]2[C@H]1O. The van der Waals surface area contributed by atoms with Crippen molar-refractivity contribution in [1.29, 1.82) is 0 Å². The molecular weight excluding hydrogens is 374 g/mol. The molecule has 0 unspecified atom stereocenters. The largest absolute Gasteiger partial charge is 0.463 e. The standard InChI is InChI=1S/C22H25NO6/c1-13-7-6-10-16(11-13)27-22-18(23-14(2)24)19(25)20-17(28-22)12-26-21(29-20)15-8-4-3-5-9-15/h3-11,17-22,25H,12H2,1-2H3,(H,23,24)/t17-,18-,19-,20-,21-,22+/m0/s1. The van der Waals surface area contributed by atoms with Gasteiger partial charge in [-0.3, -0.25) is 4.79 Å². The van der Waals surface area contributed by atoms with Crippen LogP contribution in [0.25, 0.3) is 0 Å². The monoisotopic (exact) mass is 399 g/mol. The Morgan fingerprint density at radius 2 is 1.93 bits per heavy atom. The number of aliphatic hydroxyl groups excluding tert-OH is 1. The first-order valence-electron chi connectivity index (χ1n) is 9.67. The van der Waals surface area contributed by atoms with Crippen LogP contribution < -0.4 is 10.1 Å². The second kappa shape index (κ2) is 8.51. The van der Waals surface area contributed by atoms with Crippen molar-refractivity contribution in [3.63, 3.8) is 0 Å². The summed E-state index contributed by atoms with van der Waals surface area (Å²) in [5.74, 6) is 0.302. The molecular formula is C22H25NO6. The van der Waals surface area contributed by atoms with Gasteiger partial charge in [-0.1, -0.05) is 42.5 Å². The van der Waals surface area contributed by atoms with Crippen LogP contribution in [0.3, 0.4) is 0 Å². The van der Waals surface area contributed by atoms with E-state index in [1.54, 1.807) is 6.07 Å². The number of hydrogen-bond donors (Lipinski definition) is 2. The van der Waals surface area contributed by atoms with Crippen LogP contribution in [0.4, 0.5) is 0 Å². The Morgan fingerprint density at radius 3 is 2.66 bits per heavy atom. The molecule has 0 bridgehead atoms. The lowest BCUT2D eigenvalue weighted by Crippen LogP contribution is -2.67. The van der Waals surface area contributed by atoms with Crippen molar-refractivity contribution in [2.24, 2.45) is 0 Å². The minimum atomic E-state index is -1.03. The average Bonchev–Trinajstić information content (AvgIpc) is 2.71. The van der Waals surface area contributed by atoms with Crippen molar-refractivity contribution >= 4 is 5.91 Å². The lowest BCUT2D eigenvalue weighted by atomic mass is 9.95. The summed E-state index contributed by atoms with van der Waals surface area (Å²) in [6.07, 6.45) is -3.70. The van der Waals surface area contributed by atoms with Gasteiger partial charge in [-0.2, -0.15) is 0 Å². The summed E-state index contributed by atoms with van der Waals surface area (Å²) in [5, 5.41) is 13.8. The van der Waals surface area contributed by atoms with E-state index in [4.69, 9.17) is 18.9 Å². The molecule has 2 saturated heterocycles. The minimum Gasteiger partial charge on any atom is -0.463 e. The second-order valence-corrected chi connectivity index (χ2v) is 7.37. The van der Waals surface area contributed by atoms with Crippen molar-refractivity contribution in [2.75, 3.05) is 6.61 Å². The van der Waals surface area contributed by atoms with Gasteiger partial charge >= 0.3 is 0 Å². The number of rotatable bonds is 4. The molecule has 0 aromatic heterocycles. The molecule has 2 aromatic rings. The number of fused-ring (bicyclic) bond motifs is 1. The zero-order valence-electron chi connectivity index (χ0n) is 16.4. The first kappa shape index (κ1) is 19.8. The van der Waals surface area contributed by atoms with E-state index in [0.29, 0.717) is 5.75 Å². The van der Waals surface area contributed by atoms with E-state index in [1.165, 1.54) is 6.92 Å². The number of carbonyl (C=O) groups is 1.